The molecule has 0 unspecified atom stereocenters. The minimum absolute atomic E-state index is 0.189. The Balaban J connectivity index is 2.14. The van der Waals surface area contributed by atoms with Crippen LogP contribution in [0.25, 0.3) is 0 Å². The molecule has 0 aliphatic rings. The van der Waals surface area contributed by atoms with E-state index in [1.807, 2.05) is 0 Å². The van der Waals surface area contributed by atoms with Gasteiger partial charge in [0.15, 0.2) is 0 Å². The standard InChI is InChI=1S/C12H15BrN4O2S/c1-8-11(14)4-9(13)5-12(8)20(18,19)17-3-2-10-6-15-7-16-10/h4-7,17H,2-3,14H2,1H3,(H,15,16). The fraction of sp³-hybridized carbons (Fsp3) is 0.250. The fourth-order valence-corrected chi connectivity index (χ4v) is 3.73. The van der Waals surface area contributed by atoms with Crippen molar-refractivity contribution in [1.82, 2.24) is 14.7 Å². The highest BCUT2D eigenvalue weighted by Crippen LogP contribution is 2.26. The second-order valence-corrected chi connectivity index (χ2v) is 6.99. The molecule has 0 saturated heterocycles. The molecule has 0 aliphatic heterocycles. The number of hydrogen-bond acceptors (Lipinski definition) is 4. The van der Waals surface area contributed by atoms with Gasteiger partial charge in [-0.2, -0.15) is 0 Å². The molecule has 0 atom stereocenters. The van der Waals surface area contributed by atoms with E-state index < -0.39 is 10.0 Å². The molecule has 0 spiro atoms. The molecule has 2 aromatic rings. The Morgan fingerprint density at radius 3 is 2.85 bits per heavy atom. The lowest BCUT2D eigenvalue weighted by atomic mass is 10.2. The highest BCUT2D eigenvalue weighted by atomic mass is 79.9. The predicted molar refractivity (Wildman–Crippen MR) is 80.8 cm³/mol. The number of hydrogen-bond donors (Lipinski definition) is 3. The van der Waals surface area contributed by atoms with Crippen LogP contribution in [-0.4, -0.2) is 24.9 Å². The monoisotopic (exact) mass is 358 g/mol. The number of nitrogen functional groups attached to an aromatic ring is 1. The van der Waals surface area contributed by atoms with Crippen LogP contribution in [0, 0.1) is 6.92 Å². The summed E-state index contributed by atoms with van der Waals surface area (Å²) in [4.78, 5) is 6.99. The molecular weight excluding hydrogens is 344 g/mol. The predicted octanol–water partition coefficient (Wildman–Crippen LogP) is 1.58. The summed E-state index contributed by atoms with van der Waals surface area (Å²) in [7, 11) is -3.58. The molecule has 0 amide bonds. The van der Waals surface area contributed by atoms with Crippen molar-refractivity contribution in [3.05, 3.63) is 40.4 Å². The van der Waals surface area contributed by atoms with Crippen LogP contribution >= 0.6 is 15.9 Å². The van der Waals surface area contributed by atoms with Gasteiger partial charge in [-0.3, -0.25) is 0 Å². The number of aromatic nitrogens is 2. The van der Waals surface area contributed by atoms with Crippen molar-refractivity contribution in [3.63, 3.8) is 0 Å². The molecule has 8 heteroatoms. The third-order valence-electron chi connectivity index (χ3n) is 2.90. The maximum atomic E-state index is 12.3. The smallest absolute Gasteiger partial charge is 0.240 e. The van der Waals surface area contributed by atoms with Gasteiger partial charge in [0.1, 0.15) is 0 Å². The van der Waals surface area contributed by atoms with Crippen LogP contribution in [-0.2, 0) is 16.4 Å². The van der Waals surface area contributed by atoms with Gasteiger partial charge >= 0.3 is 0 Å². The normalized spacial score (nSPS) is 11.7. The Labute approximate surface area is 126 Å². The highest BCUT2D eigenvalue weighted by Gasteiger charge is 2.18. The summed E-state index contributed by atoms with van der Waals surface area (Å²) >= 11 is 3.25. The zero-order valence-corrected chi connectivity index (χ0v) is 13.3. The van der Waals surface area contributed by atoms with Crippen LogP contribution in [0.3, 0.4) is 0 Å². The summed E-state index contributed by atoms with van der Waals surface area (Å²) in [6.45, 7) is 1.97. The SMILES string of the molecule is Cc1c(N)cc(Br)cc1S(=O)(=O)NCCc1cnc[nH]1. The van der Waals surface area contributed by atoms with Gasteiger partial charge in [0, 0.05) is 35.0 Å². The van der Waals surface area contributed by atoms with E-state index in [9.17, 15) is 8.42 Å². The molecule has 1 heterocycles. The third-order valence-corrected chi connectivity index (χ3v) is 4.94. The number of benzene rings is 1. The van der Waals surface area contributed by atoms with Gasteiger partial charge in [-0.15, -0.1) is 0 Å². The molecular formula is C12H15BrN4O2S. The molecule has 0 saturated carbocycles. The number of anilines is 1. The minimum atomic E-state index is -3.58. The van der Waals surface area contributed by atoms with E-state index in [0.29, 0.717) is 22.1 Å². The highest BCUT2D eigenvalue weighted by molar-refractivity contribution is 9.10. The van der Waals surface area contributed by atoms with E-state index in [0.717, 1.165) is 5.69 Å². The first-order valence-electron chi connectivity index (χ1n) is 5.92. The fourth-order valence-electron chi connectivity index (χ4n) is 1.77. The molecule has 0 aliphatic carbocycles. The number of H-pyrrole nitrogens is 1. The van der Waals surface area contributed by atoms with Crippen LogP contribution in [0.15, 0.2) is 34.0 Å². The van der Waals surface area contributed by atoms with Crippen molar-refractivity contribution in [1.29, 1.82) is 0 Å². The molecule has 0 radical (unpaired) electrons. The van der Waals surface area contributed by atoms with Crippen LogP contribution in [0.1, 0.15) is 11.3 Å². The second-order valence-electron chi connectivity index (χ2n) is 4.34. The van der Waals surface area contributed by atoms with Crippen molar-refractivity contribution in [2.24, 2.45) is 0 Å². The molecule has 0 bridgehead atoms. The lowest BCUT2D eigenvalue weighted by Gasteiger charge is -2.11. The Kier molecular flexibility index (Phi) is 4.46. The van der Waals surface area contributed by atoms with Gasteiger partial charge in [0.25, 0.3) is 0 Å². The largest absolute Gasteiger partial charge is 0.398 e. The first kappa shape index (κ1) is 15.0. The van der Waals surface area contributed by atoms with Crippen molar-refractivity contribution in [3.8, 4) is 0 Å². The summed E-state index contributed by atoms with van der Waals surface area (Å²) < 4.78 is 27.7. The number of aromatic amines is 1. The number of nitrogens with zero attached hydrogens (tertiary/aromatic N) is 1. The minimum Gasteiger partial charge on any atom is -0.398 e. The number of nitrogens with one attached hydrogen (secondary N) is 2. The van der Waals surface area contributed by atoms with Crippen LogP contribution in [0.4, 0.5) is 5.69 Å². The summed E-state index contributed by atoms with van der Waals surface area (Å²) in [6, 6.07) is 3.23. The molecule has 20 heavy (non-hydrogen) atoms. The number of rotatable bonds is 5. The van der Waals surface area contributed by atoms with Crippen LogP contribution in [0.2, 0.25) is 0 Å². The molecule has 0 fully saturated rings. The van der Waals surface area contributed by atoms with Crippen LogP contribution in [0.5, 0.6) is 0 Å². The van der Waals surface area contributed by atoms with Crippen molar-refractivity contribution in [2.45, 2.75) is 18.2 Å². The van der Waals surface area contributed by atoms with E-state index in [1.54, 1.807) is 31.6 Å². The first-order valence-corrected chi connectivity index (χ1v) is 8.20. The lowest BCUT2D eigenvalue weighted by molar-refractivity contribution is 0.580. The molecule has 1 aromatic heterocycles. The summed E-state index contributed by atoms with van der Waals surface area (Å²) in [5.74, 6) is 0. The maximum absolute atomic E-state index is 12.3. The van der Waals surface area contributed by atoms with E-state index in [2.05, 4.69) is 30.6 Å². The summed E-state index contributed by atoms with van der Waals surface area (Å²) in [6.07, 6.45) is 3.77. The number of nitrogens with two attached hydrogens (primary N) is 1. The van der Waals surface area contributed by atoms with Gasteiger partial charge in [-0.25, -0.2) is 18.1 Å². The quantitative estimate of drug-likeness (QED) is 0.706. The summed E-state index contributed by atoms with van der Waals surface area (Å²) in [5, 5.41) is 0. The van der Waals surface area contributed by atoms with Gasteiger partial charge in [-0.1, -0.05) is 15.9 Å². The van der Waals surface area contributed by atoms with Crippen molar-refractivity contribution >= 4 is 31.6 Å². The van der Waals surface area contributed by atoms with Gasteiger partial charge in [0.05, 0.1) is 11.2 Å². The van der Waals surface area contributed by atoms with Crippen molar-refractivity contribution in [2.75, 3.05) is 12.3 Å². The van der Waals surface area contributed by atoms with E-state index in [1.165, 1.54) is 0 Å². The zero-order chi connectivity index (χ0) is 14.8. The average molecular weight is 359 g/mol. The zero-order valence-electron chi connectivity index (χ0n) is 10.9. The van der Waals surface area contributed by atoms with E-state index in [4.69, 9.17) is 5.73 Å². The lowest BCUT2D eigenvalue weighted by Crippen LogP contribution is -2.27. The Morgan fingerprint density at radius 2 is 2.20 bits per heavy atom. The topological polar surface area (TPSA) is 101 Å². The van der Waals surface area contributed by atoms with E-state index in [-0.39, 0.29) is 11.4 Å². The maximum Gasteiger partial charge on any atom is 0.240 e. The van der Waals surface area contributed by atoms with Gasteiger partial charge in [-0.05, 0) is 24.6 Å². The molecule has 2 rings (SSSR count). The third kappa shape index (κ3) is 3.38. The van der Waals surface area contributed by atoms with Crippen molar-refractivity contribution < 1.29 is 8.42 Å². The van der Waals surface area contributed by atoms with Gasteiger partial charge in [0.2, 0.25) is 10.0 Å². The number of sulfonamides is 1. The molecule has 6 nitrogen and oxygen atoms in total. The van der Waals surface area contributed by atoms with Gasteiger partial charge < -0.3 is 10.7 Å². The number of halogens is 1. The Morgan fingerprint density at radius 1 is 1.45 bits per heavy atom. The second kappa shape index (κ2) is 5.94. The van der Waals surface area contributed by atoms with E-state index >= 15 is 0 Å². The van der Waals surface area contributed by atoms with Crippen LogP contribution < -0.4 is 10.5 Å². The average Bonchev–Trinajstić information content (AvgIpc) is 2.86. The molecule has 1 aromatic carbocycles. The first-order chi connectivity index (χ1) is 9.40. The Bertz CT molecular complexity index is 698. The molecule has 4 N–H and O–H groups in total. The Hall–Kier alpha value is -1.38. The number of imidazole rings is 1. The molecule has 108 valence electrons. The summed E-state index contributed by atoms with van der Waals surface area (Å²) in [5.41, 5.74) is 7.64.